The maximum absolute atomic E-state index is 12.6. The number of nitrogens with one attached hydrogen (secondary N) is 1. The summed E-state index contributed by atoms with van der Waals surface area (Å²) in [5, 5.41) is 8.15. The molecule has 0 radical (unpaired) electrons. The molecule has 0 aromatic carbocycles. The Hall–Kier alpha value is -1.44. The van der Waals surface area contributed by atoms with Gasteiger partial charge in [-0.2, -0.15) is 5.10 Å². The highest BCUT2D eigenvalue weighted by atomic mass is 127. The first-order chi connectivity index (χ1) is 17.1. The zero-order chi connectivity index (χ0) is 25.7. The highest BCUT2D eigenvalue weighted by Gasteiger charge is 2.50. The number of aromatic nitrogens is 4. The minimum absolute atomic E-state index is 0.0873. The Bertz CT molecular complexity index is 1120. The summed E-state index contributed by atoms with van der Waals surface area (Å²) in [6.07, 6.45) is 4.11. The summed E-state index contributed by atoms with van der Waals surface area (Å²) in [6.45, 7) is 10.4. The van der Waals surface area contributed by atoms with E-state index in [-0.39, 0.29) is 23.8 Å². The number of amides is 1. The van der Waals surface area contributed by atoms with Gasteiger partial charge in [-0.3, -0.25) is 0 Å². The van der Waals surface area contributed by atoms with Gasteiger partial charge in [0.2, 0.25) is 0 Å². The van der Waals surface area contributed by atoms with Gasteiger partial charge in [0.05, 0.1) is 18.8 Å². The maximum atomic E-state index is 12.6. The molecule has 5 heterocycles. The zero-order valence-corrected chi connectivity index (χ0v) is 24.1. The summed E-state index contributed by atoms with van der Waals surface area (Å²) in [5.41, 5.74) is 0.689. The Morgan fingerprint density at radius 3 is 2.64 bits per heavy atom. The third-order valence-corrected chi connectivity index (χ3v) is 8.33. The predicted octanol–water partition coefficient (Wildman–Crippen LogP) is 4.68. The summed E-state index contributed by atoms with van der Waals surface area (Å²) in [7, 11) is 0. The molecule has 1 amide bonds. The molecule has 0 bridgehead atoms. The van der Waals surface area contributed by atoms with Crippen LogP contribution in [0.25, 0.3) is 11.2 Å². The Labute approximate surface area is 229 Å². The number of carbonyl (C=O) groups excluding carboxylic acids is 1. The fourth-order valence-corrected chi connectivity index (χ4v) is 6.35. The van der Waals surface area contributed by atoms with Crippen molar-refractivity contribution in [1.29, 1.82) is 0 Å². The first-order valence-electron chi connectivity index (χ1n) is 12.7. The van der Waals surface area contributed by atoms with Crippen LogP contribution >= 0.6 is 34.2 Å². The van der Waals surface area contributed by atoms with Crippen molar-refractivity contribution in [3.63, 3.8) is 0 Å². The van der Waals surface area contributed by atoms with E-state index in [1.54, 1.807) is 0 Å². The van der Waals surface area contributed by atoms with Crippen molar-refractivity contribution in [3.8, 4) is 0 Å². The number of ether oxygens (including phenoxy) is 3. The SMILES string of the molecule is C[C@@H]1OCC2(CCN(c3nc4c(nc3Cl)c(I)nn4C3CCCCO3)CC2)[C@@H]1NC(=O)OC(C)(C)C. The summed E-state index contributed by atoms with van der Waals surface area (Å²) < 4.78 is 20.2. The van der Waals surface area contributed by atoms with Crippen LogP contribution in [0, 0.1) is 9.12 Å². The molecule has 1 spiro atoms. The molecule has 3 fully saturated rings. The summed E-state index contributed by atoms with van der Waals surface area (Å²) >= 11 is 8.83. The molecule has 0 aliphatic carbocycles. The maximum Gasteiger partial charge on any atom is 0.407 e. The molecule has 3 saturated heterocycles. The first-order valence-corrected chi connectivity index (χ1v) is 14.1. The number of hydrogen-bond donors (Lipinski definition) is 1. The highest BCUT2D eigenvalue weighted by Crippen LogP contribution is 2.44. The van der Waals surface area contributed by atoms with E-state index in [4.69, 9.17) is 30.8 Å². The van der Waals surface area contributed by atoms with Crippen molar-refractivity contribution in [1.82, 2.24) is 25.1 Å². The molecule has 5 rings (SSSR count). The van der Waals surface area contributed by atoms with E-state index in [0.29, 0.717) is 28.7 Å². The second-order valence-corrected chi connectivity index (χ2v) is 12.4. The summed E-state index contributed by atoms with van der Waals surface area (Å²) in [5.74, 6) is 0.663. The number of halogens is 2. The molecular weight excluding hydrogens is 599 g/mol. The van der Waals surface area contributed by atoms with Crippen LogP contribution < -0.4 is 10.2 Å². The first kappa shape index (κ1) is 26.2. The molecule has 198 valence electrons. The minimum atomic E-state index is -0.551. The number of piperidine rings is 1. The summed E-state index contributed by atoms with van der Waals surface area (Å²) in [6, 6.07) is -0.120. The van der Waals surface area contributed by atoms with Crippen LogP contribution in [0.1, 0.15) is 66.0 Å². The largest absolute Gasteiger partial charge is 0.444 e. The Kier molecular flexibility index (Phi) is 7.29. The standard InChI is InChI=1S/C24H34ClIN6O4/c1-14-17(28-22(33)36-23(2,3)4)24(13-35-14)8-10-31(11-9-24)21-18(25)27-16-19(26)30-32(20(16)29-21)15-7-5-6-12-34-15/h14-15,17H,5-13H2,1-4H3,(H,28,33)/t14-,15?,17+/m0/s1. The molecule has 3 aliphatic rings. The second-order valence-electron chi connectivity index (χ2n) is 11.1. The lowest BCUT2D eigenvalue weighted by molar-refractivity contribution is -0.0372. The Balaban J connectivity index is 1.35. The van der Waals surface area contributed by atoms with Gasteiger partial charge in [-0.25, -0.2) is 19.4 Å². The third-order valence-electron chi connectivity index (χ3n) is 7.35. The van der Waals surface area contributed by atoms with Gasteiger partial charge in [0.25, 0.3) is 0 Å². The van der Waals surface area contributed by atoms with Crippen molar-refractivity contribution in [2.75, 3.05) is 31.2 Å². The Morgan fingerprint density at radius 2 is 1.97 bits per heavy atom. The quantitative estimate of drug-likeness (QED) is 0.487. The van der Waals surface area contributed by atoms with E-state index in [2.05, 4.69) is 42.9 Å². The van der Waals surface area contributed by atoms with Gasteiger partial charge in [-0.1, -0.05) is 11.6 Å². The van der Waals surface area contributed by atoms with Gasteiger partial charge in [-0.15, -0.1) is 0 Å². The average molecular weight is 633 g/mol. The molecule has 1 unspecified atom stereocenters. The molecule has 1 N–H and O–H groups in total. The van der Waals surface area contributed by atoms with Gasteiger partial charge >= 0.3 is 6.09 Å². The lowest BCUT2D eigenvalue weighted by Gasteiger charge is -2.43. The molecule has 2 aromatic rings. The van der Waals surface area contributed by atoms with Crippen molar-refractivity contribution < 1.29 is 19.0 Å². The number of alkyl carbamates (subject to hydrolysis) is 1. The number of hydrogen-bond acceptors (Lipinski definition) is 8. The molecule has 2 aromatic heterocycles. The smallest absolute Gasteiger partial charge is 0.407 e. The van der Waals surface area contributed by atoms with E-state index in [1.807, 2.05) is 32.4 Å². The van der Waals surface area contributed by atoms with Gasteiger partial charge in [-0.05, 0) is 82.4 Å². The van der Waals surface area contributed by atoms with E-state index in [9.17, 15) is 4.79 Å². The van der Waals surface area contributed by atoms with E-state index < -0.39 is 11.7 Å². The Morgan fingerprint density at radius 1 is 1.22 bits per heavy atom. The van der Waals surface area contributed by atoms with E-state index in [1.165, 1.54) is 0 Å². The van der Waals surface area contributed by atoms with Crippen molar-refractivity contribution in [3.05, 3.63) is 8.85 Å². The molecule has 12 heteroatoms. The predicted molar refractivity (Wildman–Crippen MR) is 144 cm³/mol. The second kappa shape index (κ2) is 10.0. The average Bonchev–Trinajstić information content (AvgIpc) is 3.30. The van der Waals surface area contributed by atoms with Crippen molar-refractivity contribution in [2.45, 2.75) is 83.8 Å². The van der Waals surface area contributed by atoms with Crippen LogP contribution in [0.4, 0.5) is 10.6 Å². The third kappa shape index (κ3) is 5.12. The normalized spacial score (nSPS) is 26.5. The van der Waals surface area contributed by atoms with E-state index in [0.717, 1.165) is 55.5 Å². The van der Waals surface area contributed by atoms with Crippen LogP contribution in [0.2, 0.25) is 5.15 Å². The van der Waals surface area contributed by atoms with Crippen LogP contribution in [-0.2, 0) is 14.2 Å². The monoisotopic (exact) mass is 632 g/mol. The van der Waals surface area contributed by atoms with Crippen molar-refractivity contribution >= 4 is 57.3 Å². The molecule has 3 aliphatic heterocycles. The lowest BCUT2D eigenvalue weighted by Crippen LogP contribution is -2.55. The minimum Gasteiger partial charge on any atom is -0.444 e. The fourth-order valence-electron chi connectivity index (χ4n) is 5.51. The number of anilines is 1. The van der Waals surface area contributed by atoms with Crippen LogP contribution in [0.15, 0.2) is 0 Å². The highest BCUT2D eigenvalue weighted by molar-refractivity contribution is 14.1. The lowest BCUT2D eigenvalue weighted by atomic mass is 9.73. The number of rotatable bonds is 3. The summed E-state index contributed by atoms with van der Waals surface area (Å²) in [4.78, 5) is 24.4. The molecule has 10 nitrogen and oxygen atoms in total. The van der Waals surface area contributed by atoms with Crippen LogP contribution in [-0.4, -0.2) is 69.9 Å². The van der Waals surface area contributed by atoms with Crippen molar-refractivity contribution in [2.24, 2.45) is 5.41 Å². The topological polar surface area (TPSA) is 104 Å². The van der Waals surface area contributed by atoms with E-state index >= 15 is 0 Å². The van der Waals surface area contributed by atoms with Gasteiger partial charge in [0, 0.05) is 25.1 Å². The van der Waals surface area contributed by atoms with Gasteiger partial charge in [0.15, 0.2) is 26.5 Å². The van der Waals surface area contributed by atoms with Gasteiger partial charge in [0.1, 0.15) is 11.1 Å². The van der Waals surface area contributed by atoms with Gasteiger partial charge < -0.3 is 24.4 Å². The molecule has 0 saturated carbocycles. The van der Waals surface area contributed by atoms with Crippen LogP contribution in [0.3, 0.4) is 0 Å². The number of carbonyl (C=O) groups is 1. The molecule has 3 atom stereocenters. The number of fused-ring (bicyclic) bond motifs is 1. The number of nitrogens with zero attached hydrogens (tertiary/aromatic N) is 5. The fraction of sp³-hybridized carbons (Fsp3) is 0.750. The molecule has 36 heavy (non-hydrogen) atoms. The van der Waals surface area contributed by atoms with Crippen LogP contribution in [0.5, 0.6) is 0 Å². The zero-order valence-electron chi connectivity index (χ0n) is 21.2. The molecular formula is C24H34ClIN6O4.